The second-order valence-corrected chi connectivity index (χ2v) is 6.99. The molecular weight excluding hydrogens is 368 g/mol. The molecule has 3 heterocycles. The van der Waals surface area contributed by atoms with E-state index in [4.69, 9.17) is 9.15 Å². The summed E-state index contributed by atoms with van der Waals surface area (Å²) in [6.07, 6.45) is 5.94. The Morgan fingerprint density at radius 2 is 2.28 bits per heavy atom. The van der Waals surface area contributed by atoms with E-state index in [9.17, 15) is 5.26 Å². The largest absolute Gasteiger partial charge is 0.480 e. The highest BCUT2D eigenvalue weighted by Gasteiger charge is 2.24. The quantitative estimate of drug-likeness (QED) is 0.545. The summed E-state index contributed by atoms with van der Waals surface area (Å²) in [4.78, 5) is 8.62. The molecule has 0 aliphatic heterocycles. The van der Waals surface area contributed by atoms with Gasteiger partial charge in [0.15, 0.2) is 12.2 Å². The van der Waals surface area contributed by atoms with Gasteiger partial charge in [-0.25, -0.2) is 9.97 Å². The van der Waals surface area contributed by atoms with Gasteiger partial charge < -0.3 is 14.5 Å². The Morgan fingerprint density at radius 3 is 3.07 bits per heavy atom. The fourth-order valence-corrected chi connectivity index (χ4v) is 3.89. The Hall–Kier alpha value is -3.86. The first kappa shape index (κ1) is 17.3. The van der Waals surface area contributed by atoms with Crippen molar-refractivity contribution in [2.75, 3.05) is 12.4 Å². The molecule has 0 spiro atoms. The molecule has 1 atom stereocenters. The maximum Gasteiger partial charge on any atom is 0.231 e. The lowest BCUT2D eigenvalue weighted by atomic mass is 9.90. The number of hydrogen-bond acceptors (Lipinski definition) is 7. The predicted octanol–water partition coefficient (Wildman–Crippen LogP) is 3.98. The molecule has 0 fully saturated rings. The van der Waals surface area contributed by atoms with Crippen LogP contribution in [0.4, 0.5) is 5.69 Å². The molecule has 4 aromatic rings. The van der Waals surface area contributed by atoms with Crippen LogP contribution in [0.25, 0.3) is 22.4 Å². The number of pyridine rings is 1. The standard InChI is InChI=1S/C21H18N6O2/c1-28-21-13(9-22)7-12-3-2-4-17(19(12)25-21)24-14-5-6-16-15(8-14)20(27-26-16)18-10-23-11-29-18/h5-8,10-11,17,24H,2-4H2,1H3,(H,26,27). The van der Waals surface area contributed by atoms with Crippen LogP contribution in [-0.4, -0.2) is 27.3 Å². The first-order chi connectivity index (χ1) is 14.3. The van der Waals surface area contributed by atoms with Crippen LogP contribution in [0.5, 0.6) is 5.88 Å². The van der Waals surface area contributed by atoms with E-state index in [1.807, 2.05) is 24.3 Å². The van der Waals surface area contributed by atoms with Crippen LogP contribution in [0, 0.1) is 11.3 Å². The van der Waals surface area contributed by atoms with Gasteiger partial charge in [-0.05, 0) is 49.1 Å². The number of hydrogen-bond donors (Lipinski definition) is 2. The summed E-state index contributed by atoms with van der Waals surface area (Å²) in [5, 5.41) is 21.3. The number of nitrogens with zero attached hydrogens (tertiary/aromatic N) is 4. The SMILES string of the molecule is COc1nc2c(cc1C#N)CCCC2Nc1ccc2[nH]nc(-c3cnco3)c2c1. The van der Waals surface area contributed by atoms with Gasteiger partial charge in [-0.3, -0.25) is 5.10 Å². The zero-order chi connectivity index (χ0) is 19.8. The summed E-state index contributed by atoms with van der Waals surface area (Å²) in [7, 11) is 1.54. The number of benzene rings is 1. The molecule has 144 valence electrons. The molecule has 8 heteroatoms. The van der Waals surface area contributed by atoms with Crippen molar-refractivity contribution in [3.05, 3.63) is 53.7 Å². The van der Waals surface area contributed by atoms with Gasteiger partial charge in [-0.15, -0.1) is 0 Å². The van der Waals surface area contributed by atoms with Crippen molar-refractivity contribution in [3.63, 3.8) is 0 Å². The fraction of sp³-hybridized carbons (Fsp3) is 0.238. The number of aromatic nitrogens is 4. The highest BCUT2D eigenvalue weighted by molar-refractivity contribution is 5.93. The lowest BCUT2D eigenvalue weighted by molar-refractivity contribution is 0.391. The number of methoxy groups -OCH3 is 1. The Labute approximate surface area is 166 Å². The van der Waals surface area contributed by atoms with Crippen LogP contribution in [-0.2, 0) is 6.42 Å². The van der Waals surface area contributed by atoms with Gasteiger partial charge in [-0.1, -0.05) is 0 Å². The third-order valence-corrected chi connectivity index (χ3v) is 5.25. The smallest absolute Gasteiger partial charge is 0.231 e. The molecule has 1 aromatic carbocycles. The predicted molar refractivity (Wildman–Crippen MR) is 106 cm³/mol. The van der Waals surface area contributed by atoms with E-state index in [0.29, 0.717) is 17.2 Å². The van der Waals surface area contributed by atoms with Crippen molar-refractivity contribution >= 4 is 16.6 Å². The molecule has 29 heavy (non-hydrogen) atoms. The lowest BCUT2D eigenvalue weighted by Gasteiger charge is -2.27. The lowest BCUT2D eigenvalue weighted by Crippen LogP contribution is -2.19. The van der Waals surface area contributed by atoms with Crippen LogP contribution in [0.2, 0.25) is 0 Å². The van der Waals surface area contributed by atoms with Gasteiger partial charge in [0, 0.05) is 11.1 Å². The minimum atomic E-state index is 0.0403. The highest BCUT2D eigenvalue weighted by atomic mass is 16.5. The van der Waals surface area contributed by atoms with Crippen molar-refractivity contribution < 1.29 is 9.15 Å². The Balaban J connectivity index is 1.51. The van der Waals surface area contributed by atoms with Crippen LogP contribution in [0.15, 0.2) is 41.3 Å². The van der Waals surface area contributed by atoms with Crippen molar-refractivity contribution in [3.8, 4) is 23.4 Å². The summed E-state index contributed by atoms with van der Waals surface area (Å²) in [6, 6.07) is 10.2. The van der Waals surface area contributed by atoms with Gasteiger partial charge in [-0.2, -0.15) is 10.4 Å². The average molecular weight is 386 g/mol. The van der Waals surface area contributed by atoms with Gasteiger partial charge in [0.1, 0.15) is 17.3 Å². The van der Waals surface area contributed by atoms with Crippen molar-refractivity contribution in [2.24, 2.45) is 0 Å². The molecule has 0 radical (unpaired) electrons. The average Bonchev–Trinajstić information content (AvgIpc) is 3.42. The number of rotatable bonds is 4. The second kappa shape index (κ2) is 6.95. The molecule has 5 rings (SSSR count). The number of H-pyrrole nitrogens is 1. The normalized spacial score (nSPS) is 15.7. The molecule has 0 amide bonds. The van der Waals surface area contributed by atoms with Gasteiger partial charge in [0.2, 0.25) is 5.88 Å². The van der Waals surface area contributed by atoms with Crippen molar-refractivity contribution in [2.45, 2.75) is 25.3 Å². The summed E-state index contributed by atoms with van der Waals surface area (Å²) in [5.74, 6) is 0.990. The number of nitriles is 1. The summed E-state index contributed by atoms with van der Waals surface area (Å²) < 4.78 is 10.7. The van der Waals surface area contributed by atoms with Crippen LogP contribution in [0.3, 0.4) is 0 Å². The summed E-state index contributed by atoms with van der Waals surface area (Å²) in [5.41, 5.74) is 5.12. The number of aromatic amines is 1. The van der Waals surface area contributed by atoms with Crippen LogP contribution < -0.4 is 10.1 Å². The van der Waals surface area contributed by atoms with E-state index < -0.39 is 0 Å². The third-order valence-electron chi connectivity index (χ3n) is 5.25. The second-order valence-electron chi connectivity index (χ2n) is 6.99. The number of fused-ring (bicyclic) bond motifs is 2. The van der Waals surface area contributed by atoms with E-state index in [1.54, 1.807) is 13.3 Å². The van der Waals surface area contributed by atoms with E-state index in [1.165, 1.54) is 6.39 Å². The van der Waals surface area contributed by atoms with E-state index in [0.717, 1.165) is 52.8 Å². The highest BCUT2D eigenvalue weighted by Crippen LogP contribution is 2.35. The van der Waals surface area contributed by atoms with Crippen LogP contribution >= 0.6 is 0 Å². The Morgan fingerprint density at radius 1 is 1.34 bits per heavy atom. The minimum absolute atomic E-state index is 0.0403. The Kier molecular flexibility index (Phi) is 4.13. The Bertz CT molecular complexity index is 1220. The van der Waals surface area contributed by atoms with Crippen LogP contribution in [0.1, 0.15) is 35.7 Å². The van der Waals surface area contributed by atoms with Gasteiger partial charge >= 0.3 is 0 Å². The zero-order valence-electron chi connectivity index (χ0n) is 15.8. The number of ether oxygens (including phenoxy) is 1. The monoisotopic (exact) mass is 386 g/mol. The number of anilines is 1. The molecule has 0 saturated carbocycles. The third kappa shape index (κ3) is 2.97. The molecule has 1 aliphatic carbocycles. The molecular formula is C21H18N6O2. The molecule has 3 aromatic heterocycles. The fourth-order valence-electron chi connectivity index (χ4n) is 3.89. The number of aryl methyl sites for hydroxylation is 1. The summed E-state index contributed by atoms with van der Waals surface area (Å²) in [6.45, 7) is 0. The van der Waals surface area contributed by atoms with Crippen molar-refractivity contribution in [1.29, 1.82) is 5.26 Å². The molecule has 2 N–H and O–H groups in total. The number of nitrogens with one attached hydrogen (secondary N) is 2. The van der Waals surface area contributed by atoms with Gasteiger partial charge in [0.05, 0.1) is 30.6 Å². The summed E-state index contributed by atoms with van der Waals surface area (Å²) >= 11 is 0. The first-order valence-corrected chi connectivity index (χ1v) is 9.38. The molecule has 1 aliphatic rings. The van der Waals surface area contributed by atoms with Gasteiger partial charge in [0.25, 0.3) is 0 Å². The van der Waals surface area contributed by atoms with E-state index in [2.05, 4.69) is 31.6 Å². The zero-order valence-corrected chi connectivity index (χ0v) is 15.8. The minimum Gasteiger partial charge on any atom is -0.480 e. The maximum atomic E-state index is 9.33. The molecule has 8 nitrogen and oxygen atoms in total. The van der Waals surface area contributed by atoms with Crippen molar-refractivity contribution in [1.82, 2.24) is 20.2 Å². The van der Waals surface area contributed by atoms with E-state index in [-0.39, 0.29) is 6.04 Å². The molecule has 0 saturated heterocycles. The van der Waals surface area contributed by atoms with E-state index >= 15 is 0 Å². The number of oxazole rings is 1. The first-order valence-electron chi connectivity index (χ1n) is 9.38. The topological polar surface area (TPSA) is 113 Å². The molecule has 0 bridgehead atoms. The molecule has 1 unspecified atom stereocenters. The maximum absolute atomic E-state index is 9.33.